The van der Waals surface area contributed by atoms with Crippen molar-refractivity contribution in [3.8, 4) is 0 Å². The second-order valence-corrected chi connectivity index (χ2v) is 7.80. The number of methoxy groups -OCH3 is 1. The van der Waals surface area contributed by atoms with Crippen molar-refractivity contribution in [1.29, 1.82) is 0 Å². The van der Waals surface area contributed by atoms with Crippen LogP contribution in [0, 0.1) is 0 Å². The molecule has 2 N–H and O–H groups in total. The molecule has 0 spiro atoms. The van der Waals surface area contributed by atoms with Gasteiger partial charge in [-0.3, -0.25) is 0 Å². The third kappa shape index (κ3) is 5.19. The van der Waals surface area contributed by atoms with Gasteiger partial charge in [0.2, 0.25) is 0 Å². The molecule has 7 heteroatoms. The first-order chi connectivity index (χ1) is 8.80. The Labute approximate surface area is 119 Å². The predicted octanol–water partition coefficient (Wildman–Crippen LogP) is 1.56. The quantitative estimate of drug-likeness (QED) is 0.765. The predicted molar refractivity (Wildman–Crippen MR) is 78.0 cm³/mol. The van der Waals surface area contributed by atoms with Gasteiger partial charge in [-0.2, -0.15) is 0 Å². The summed E-state index contributed by atoms with van der Waals surface area (Å²) in [5, 5.41) is 5.03. The fraction of sp³-hybridized carbons (Fsp3) is 0.667. The number of thiophene rings is 1. The number of ether oxygens (including phenoxy) is 1. The lowest BCUT2D eigenvalue weighted by atomic mass is 10.1. The zero-order chi connectivity index (χ0) is 14.5. The van der Waals surface area contributed by atoms with E-state index >= 15 is 0 Å². The van der Waals surface area contributed by atoms with E-state index in [1.54, 1.807) is 27.0 Å². The lowest BCUT2D eigenvalue weighted by molar-refractivity contribution is 0.141. The van der Waals surface area contributed by atoms with E-state index in [9.17, 15) is 8.42 Å². The van der Waals surface area contributed by atoms with Crippen LogP contribution in [0.4, 0.5) is 0 Å². The zero-order valence-corrected chi connectivity index (χ0v) is 13.5. The van der Waals surface area contributed by atoms with E-state index in [4.69, 9.17) is 4.74 Å². The minimum atomic E-state index is -3.48. The third-order valence-electron chi connectivity index (χ3n) is 2.39. The van der Waals surface area contributed by atoms with Gasteiger partial charge in [0.1, 0.15) is 4.21 Å². The summed E-state index contributed by atoms with van der Waals surface area (Å²) in [6.07, 6.45) is 0. The van der Waals surface area contributed by atoms with Crippen LogP contribution in [0.3, 0.4) is 0 Å². The van der Waals surface area contributed by atoms with Crippen LogP contribution in [0.15, 0.2) is 15.7 Å². The molecule has 0 amide bonds. The Kier molecular flexibility index (Phi) is 5.94. The van der Waals surface area contributed by atoms with E-state index in [0.717, 1.165) is 12.1 Å². The molecule has 0 saturated heterocycles. The van der Waals surface area contributed by atoms with Crippen molar-refractivity contribution in [2.45, 2.75) is 37.1 Å². The highest BCUT2D eigenvalue weighted by atomic mass is 32.2. The van der Waals surface area contributed by atoms with E-state index in [1.807, 2.05) is 12.3 Å². The third-order valence-corrected chi connectivity index (χ3v) is 5.58. The maximum absolute atomic E-state index is 12.2. The number of sulfonamides is 1. The molecule has 19 heavy (non-hydrogen) atoms. The molecule has 0 aliphatic carbocycles. The Bertz CT molecular complexity index is 495. The Morgan fingerprint density at radius 3 is 2.68 bits per heavy atom. The molecule has 5 nitrogen and oxygen atoms in total. The van der Waals surface area contributed by atoms with Crippen LogP contribution in [-0.4, -0.2) is 34.2 Å². The van der Waals surface area contributed by atoms with E-state index in [-0.39, 0.29) is 0 Å². The zero-order valence-electron chi connectivity index (χ0n) is 11.8. The van der Waals surface area contributed by atoms with Crippen LogP contribution in [0.2, 0.25) is 0 Å². The molecule has 1 rings (SSSR count). The highest BCUT2D eigenvalue weighted by molar-refractivity contribution is 7.91. The maximum Gasteiger partial charge on any atom is 0.250 e. The summed E-state index contributed by atoms with van der Waals surface area (Å²) in [4.78, 5) is 0. The molecule has 1 heterocycles. The minimum absolute atomic E-state index is 0.321. The van der Waals surface area contributed by atoms with E-state index < -0.39 is 15.6 Å². The summed E-state index contributed by atoms with van der Waals surface area (Å²) in [5.74, 6) is 0. The molecule has 0 fully saturated rings. The summed E-state index contributed by atoms with van der Waals surface area (Å²) in [6, 6.07) is 1.71. The van der Waals surface area contributed by atoms with Gasteiger partial charge in [-0.15, -0.1) is 11.3 Å². The van der Waals surface area contributed by atoms with Crippen LogP contribution in [0.5, 0.6) is 0 Å². The van der Waals surface area contributed by atoms with Gasteiger partial charge in [-0.1, -0.05) is 6.92 Å². The van der Waals surface area contributed by atoms with Crippen LogP contribution >= 0.6 is 11.3 Å². The fourth-order valence-corrected chi connectivity index (χ4v) is 4.27. The first-order valence-electron chi connectivity index (χ1n) is 6.12. The molecule has 0 aliphatic heterocycles. The summed E-state index contributed by atoms with van der Waals surface area (Å²) < 4.78 is 32.5. The molecule has 0 bridgehead atoms. The van der Waals surface area contributed by atoms with E-state index in [2.05, 4.69) is 10.0 Å². The molecular formula is C12H22N2O3S2. The topological polar surface area (TPSA) is 67.4 Å². The van der Waals surface area contributed by atoms with Crippen molar-refractivity contribution in [3.05, 3.63) is 17.0 Å². The maximum atomic E-state index is 12.2. The molecule has 0 atom stereocenters. The fourth-order valence-electron chi connectivity index (χ4n) is 1.66. The molecule has 0 unspecified atom stereocenters. The smallest absolute Gasteiger partial charge is 0.250 e. The number of hydrogen-bond acceptors (Lipinski definition) is 5. The van der Waals surface area contributed by atoms with Crippen molar-refractivity contribution in [2.24, 2.45) is 0 Å². The van der Waals surface area contributed by atoms with Crippen LogP contribution in [-0.2, 0) is 21.3 Å². The average molecular weight is 306 g/mol. The van der Waals surface area contributed by atoms with E-state index in [0.29, 0.717) is 17.4 Å². The molecule has 0 saturated carbocycles. The normalized spacial score (nSPS) is 12.8. The Morgan fingerprint density at radius 2 is 2.11 bits per heavy atom. The SMILES string of the molecule is CCNCc1csc(S(=O)(=O)NC(C)(C)COC)c1. The van der Waals surface area contributed by atoms with Crippen molar-refractivity contribution < 1.29 is 13.2 Å². The van der Waals surface area contributed by atoms with Gasteiger partial charge in [0.15, 0.2) is 0 Å². The second kappa shape index (κ2) is 6.81. The first-order valence-corrected chi connectivity index (χ1v) is 8.48. The molecule has 110 valence electrons. The van der Waals surface area contributed by atoms with Crippen LogP contribution in [0.25, 0.3) is 0 Å². The van der Waals surface area contributed by atoms with Crippen LogP contribution < -0.4 is 10.0 Å². The molecule has 1 aromatic heterocycles. The Balaban J connectivity index is 2.80. The lowest BCUT2D eigenvalue weighted by Gasteiger charge is -2.24. The number of rotatable bonds is 8. The molecule has 0 aliphatic rings. The molecule has 1 aromatic rings. The summed E-state index contributed by atoms with van der Waals surface area (Å²) in [6.45, 7) is 7.46. The van der Waals surface area contributed by atoms with Gasteiger partial charge in [0, 0.05) is 13.7 Å². The van der Waals surface area contributed by atoms with Crippen molar-refractivity contribution >= 4 is 21.4 Å². The standard InChI is InChI=1S/C12H22N2O3S2/c1-5-13-7-10-6-11(18-8-10)19(15,16)14-12(2,3)9-17-4/h6,8,13-14H,5,7,9H2,1-4H3. The van der Waals surface area contributed by atoms with E-state index in [1.165, 1.54) is 11.3 Å². The summed E-state index contributed by atoms with van der Waals surface area (Å²) in [5.41, 5.74) is 0.358. The van der Waals surface area contributed by atoms with Gasteiger partial charge in [0.25, 0.3) is 10.0 Å². The number of hydrogen-bond donors (Lipinski definition) is 2. The highest BCUT2D eigenvalue weighted by Gasteiger charge is 2.27. The Morgan fingerprint density at radius 1 is 1.42 bits per heavy atom. The van der Waals surface area contributed by atoms with Gasteiger partial charge in [0.05, 0.1) is 12.1 Å². The number of nitrogens with one attached hydrogen (secondary N) is 2. The summed E-state index contributed by atoms with van der Waals surface area (Å²) in [7, 11) is -1.93. The van der Waals surface area contributed by atoms with Crippen LogP contribution in [0.1, 0.15) is 26.3 Å². The first kappa shape index (κ1) is 16.6. The molecule has 0 radical (unpaired) electrons. The van der Waals surface area contributed by atoms with Gasteiger partial charge >= 0.3 is 0 Å². The second-order valence-electron chi connectivity index (χ2n) is 4.98. The monoisotopic (exact) mass is 306 g/mol. The Hall–Kier alpha value is -0.470. The summed E-state index contributed by atoms with van der Waals surface area (Å²) >= 11 is 1.23. The molecular weight excluding hydrogens is 284 g/mol. The largest absolute Gasteiger partial charge is 0.383 e. The minimum Gasteiger partial charge on any atom is -0.383 e. The van der Waals surface area contributed by atoms with Gasteiger partial charge in [-0.05, 0) is 37.4 Å². The van der Waals surface area contributed by atoms with Gasteiger partial charge < -0.3 is 10.1 Å². The lowest BCUT2D eigenvalue weighted by Crippen LogP contribution is -2.46. The van der Waals surface area contributed by atoms with Gasteiger partial charge in [-0.25, -0.2) is 13.1 Å². The average Bonchev–Trinajstić information content (AvgIpc) is 2.73. The van der Waals surface area contributed by atoms with Crippen molar-refractivity contribution in [1.82, 2.24) is 10.0 Å². The van der Waals surface area contributed by atoms with Crippen molar-refractivity contribution in [2.75, 3.05) is 20.3 Å². The van der Waals surface area contributed by atoms with Crippen molar-refractivity contribution in [3.63, 3.8) is 0 Å². The highest BCUT2D eigenvalue weighted by Crippen LogP contribution is 2.21. The molecule has 0 aromatic carbocycles.